The molecule has 3 aromatic rings. The molecule has 3 rings (SSSR count). The van der Waals surface area contributed by atoms with Gasteiger partial charge < -0.3 is 10.4 Å². The van der Waals surface area contributed by atoms with E-state index in [9.17, 15) is 9.90 Å². The van der Waals surface area contributed by atoms with Crippen LogP contribution in [0.4, 0.5) is 0 Å². The molecule has 0 saturated carbocycles. The van der Waals surface area contributed by atoms with Crippen LogP contribution >= 0.6 is 11.5 Å². The summed E-state index contributed by atoms with van der Waals surface area (Å²) in [5, 5.41) is 16.9. The molecule has 4 nitrogen and oxygen atoms in total. The Morgan fingerprint density at radius 3 is 2.77 bits per heavy atom. The molecule has 112 valence electrons. The molecular weight excluding hydrogens is 296 g/mol. The number of hydrogen-bond donors (Lipinski definition) is 2. The van der Waals surface area contributed by atoms with Gasteiger partial charge in [-0.15, -0.1) is 0 Å². The highest BCUT2D eigenvalue weighted by Gasteiger charge is 2.14. The Balaban J connectivity index is 1.69. The molecular formula is C17H16N2O2S. The van der Waals surface area contributed by atoms with Gasteiger partial charge in [-0.05, 0) is 40.9 Å². The van der Waals surface area contributed by atoms with E-state index in [-0.39, 0.29) is 12.5 Å². The van der Waals surface area contributed by atoms with E-state index in [0.717, 1.165) is 16.3 Å². The van der Waals surface area contributed by atoms with Gasteiger partial charge in [-0.2, -0.15) is 4.37 Å². The molecule has 1 atom stereocenters. The molecule has 0 radical (unpaired) electrons. The standard InChI is InChI=1S/C17H16N2O2S/c1-11-15(10-22-19-11)17(21)18-9-16(20)14-7-6-12-4-2-3-5-13(12)8-14/h2-8,10,16,20H,9H2,1H3,(H,18,21). The molecule has 0 saturated heterocycles. The van der Waals surface area contributed by atoms with Crippen molar-refractivity contribution in [2.75, 3.05) is 6.54 Å². The highest BCUT2D eigenvalue weighted by molar-refractivity contribution is 7.03. The van der Waals surface area contributed by atoms with Gasteiger partial charge in [-0.25, -0.2) is 0 Å². The highest BCUT2D eigenvalue weighted by Crippen LogP contribution is 2.20. The lowest BCUT2D eigenvalue weighted by Crippen LogP contribution is -2.28. The van der Waals surface area contributed by atoms with Gasteiger partial charge in [-0.1, -0.05) is 36.4 Å². The average Bonchev–Trinajstić information content (AvgIpc) is 2.98. The third-order valence-corrected chi connectivity index (χ3v) is 4.33. The second-order valence-electron chi connectivity index (χ2n) is 5.15. The van der Waals surface area contributed by atoms with Crippen LogP contribution in [0, 0.1) is 6.92 Å². The smallest absolute Gasteiger partial charge is 0.254 e. The number of aromatic nitrogens is 1. The van der Waals surface area contributed by atoms with Crippen molar-refractivity contribution in [1.29, 1.82) is 0 Å². The molecule has 22 heavy (non-hydrogen) atoms. The second kappa shape index (κ2) is 6.25. The molecule has 0 aliphatic carbocycles. The largest absolute Gasteiger partial charge is 0.387 e. The second-order valence-corrected chi connectivity index (χ2v) is 5.78. The number of fused-ring (bicyclic) bond motifs is 1. The number of nitrogens with one attached hydrogen (secondary N) is 1. The van der Waals surface area contributed by atoms with E-state index in [0.29, 0.717) is 11.3 Å². The predicted molar refractivity (Wildman–Crippen MR) is 88.1 cm³/mol. The molecule has 1 unspecified atom stereocenters. The summed E-state index contributed by atoms with van der Waals surface area (Å²) >= 11 is 1.25. The number of carbonyl (C=O) groups is 1. The number of carbonyl (C=O) groups excluding carboxylic acids is 1. The highest BCUT2D eigenvalue weighted by atomic mass is 32.1. The molecule has 5 heteroatoms. The van der Waals surface area contributed by atoms with E-state index in [1.165, 1.54) is 11.5 Å². The number of nitrogens with zero attached hydrogens (tertiary/aromatic N) is 1. The summed E-state index contributed by atoms with van der Waals surface area (Å²) in [7, 11) is 0. The SMILES string of the molecule is Cc1nscc1C(=O)NCC(O)c1ccc2ccccc2c1. The Morgan fingerprint density at radius 2 is 2.05 bits per heavy atom. The van der Waals surface area contributed by atoms with Crippen molar-refractivity contribution in [2.45, 2.75) is 13.0 Å². The van der Waals surface area contributed by atoms with Gasteiger partial charge in [0.05, 0.1) is 17.4 Å². The summed E-state index contributed by atoms with van der Waals surface area (Å²) in [4.78, 5) is 12.0. The molecule has 1 aromatic heterocycles. The first kappa shape index (κ1) is 14.7. The van der Waals surface area contributed by atoms with Crippen LogP contribution < -0.4 is 5.32 Å². The molecule has 2 aromatic carbocycles. The Hall–Kier alpha value is -2.24. The zero-order valence-electron chi connectivity index (χ0n) is 12.1. The van der Waals surface area contributed by atoms with Crippen molar-refractivity contribution < 1.29 is 9.90 Å². The quantitative estimate of drug-likeness (QED) is 0.778. The average molecular weight is 312 g/mol. The summed E-state index contributed by atoms with van der Waals surface area (Å²) in [5.41, 5.74) is 2.07. The topological polar surface area (TPSA) is 62.2 Å². The maximum atomic E-state index is 12.0. The maximum absolute atomic E-state index is 12.0. The van der Waals surface area contributed by atoms with Gasteiger partial charge in [0.15, 0.2) is 0 Å². The van der Waals surface area contributed by atoms with E-state index < -0.39 is 6.10 Å². The molecule has 1 heterocycles. The summed E-state index contributed by atoms with van der Waals surface area (Å²) in [5.74, 6) is -0.203. The summed E-state index contributed by atoms with van der Waals surface area (Å²) in [6, 6.07) is 13.8. The Kier molecular flexibility index (Phi) is 4.18. The summed E-state index contributed by atoms with van der Waals surface area (Å²) < 4.78 is 4.08. The molecule has 0 aliphatic heterocycles. The molecule has 2 N–H and O–H groups in total. The molecule has 0 spiro atoms. The van der Waals surface area contributed by atoms with Gasteiger partial charge in [0.25, 0.3) is 5.91 Å². The molecule has 0 fully saturated rings. The number of aryl methyl sites for hydroxylation is 1. The Bertz CT molecular complexity index is 813. The number of hydrogen-bond acceptors (Lipinski definition) is 4. The van der Waals surface area contributed by atoms with Crippen LogP contribution in [0.1, 0.15) is 27.7 Å². The van der Waals surface area contributed by atoms with Crippen molar-refractivity contribution in [2.24, 2.45) is 0 Å². The van der Waals surface area contributed by atoms with E-state index >= 15 is 0 Å². The number of aliphatic hydroxyl groups excluding tert-OH is 1. The number of rotatable bonds is 4. The summed E-state index contributed by atoms with van der Waals surface area (Å²) in [6.07, 6.45) is -0.736. The van der Waals surface area contributed by atoms with E-state index in [1.54, 1.807) is 12.3 Å². The van der Waals surface area contributed by atoms with Crippen molar-refractivity contribution in [1.82, 2.24) is 9.69 Å². The van der Waals surface area contributed by atoms with Crippen molar-refractivity contribution >= 4 is 28.2 Å². The predicted octanol–water partition coefficient (Wildman–Crippen LogP) is 3.07. The van der Waals surface area contributed by atoms with Crippen LogP contribution in [-0.4, -0.2) is 21.9 Å². The van der Waals surface area contributed by atoms with Crippen LogP contribution in [-0.2, 0) is 0 Å². The fraction of sp³-hybridized carbons (Fsp3) is 0.176. The van der Waals surface area contributed by atoms with Crippen LogP contribution in [0.25, 0.3) is 10.8 Å². The van der Waals surface area contributed by atoms with Gasteiger partial charge in [0.1, 0.15) is 0 Å². The van der Waals surface area contributed by atoms with Gasteiger partial charge in [0, 0.05) is 11.9 Å². The number of amides is 1. The Morgan fingerprint density at radius 1 is 1.27 bits per heavy atom. The Labute approximate surface area is 132 Å². The first-order valence-electron chi connectivity index (χ1n) is 7.01. The minimum atomic E-state index is -0.736. The van der Waals surface area contributed by atoms with E-state index in [1.807, 2.05) is 42.5 Å². The normalized spacial score (nSPS) is 12.3. The monoisotopic (exact) mass is 312 g/mol. The lowest BCUT2D eigenvalue weighted by molar-refractivity contribution is 0.0916. The zero-order chi connectivity index (χ0) is 15.5. The van der Waals surface area contributed by atoms with Crippen molar-refractivity contribution in [3.63, 3.8) is 0 Å². The number of aliphatic hydroxyl groups is 1. The lowest BCUT2D eigenvalue weighted by Gasteiger charge is -2.13. The first-order chi connectivity index (χ1) is 10.6. The third-order valence-electron chi connectivity index (χ3n) is 3.61. The lowest BCUT2D eigenvalue weighted by atomic mass is 10.0. The van der Waals surface area contributed by atoms with Crippen LogP contribution in [0.15, 0.2) is 47.8 Å². The van der Waals surface area contributed by atoms with Crippen molar-refractivity contribution in [3.05, 3.63) is 64.7 Å². The van der Waals surface area contributed by atoms with Crippen LogP contribution in [0.5, 0.6) is 0 Å². The van der Waals surface area contributed by atoms with Crippen molar-refractivity contribution in [3.8, 4) is 0 Å². The van der Waals surface area contributed by atoms with E-state index in [2.05, 4.69) is 9.69 Å². The van der Waals surface area contributed by atoms with Gasteiger partial charge >= 0.3 is 0 Å². The molecule has 0 aliphatic rings. The number of benzene rings is 2. The molecule has 0 bridgehead atoms. The van der Waals surface area contributed by atoms with E-state index in [4.69, 9.17) is 0 Å². The molecule has 1 amide bonds. The van der Waals surface area contributed by atoms with Crippen LogP contribution in [0.3, 0.4) is 0 Å². The third kappa shape index (κ3) is 3.00. The fourth-order valence-electron chi connectivity index (χ4n) is 2.33. The summed E-state index contributed by atoms with van der Waals surface area (Å²) in [6.45, 7) is 1.97. The fourth-order valence-corrected chi connectivity index (χ4v) is 3.02. The maximum Gasteiger partial charge on any atom is 0.254 e. The minimum Gasteiger partial charge on any atom is -0.387 e. The minimum absolute atomic E-state index is 0.173. The van der Waals surface area contributed by atoms with Gasteiger partial charge in [-0.3, -0.25) is 4.79 Å². The van der Waals surface area contributed by atoms with Gasteiger partial charge in [0.2, 0.25) is 0 Å². The zero-order valence-corrected chi connectivity index (χ0v) is 12.9. The first-order valence-corrected chi connectivity index (χ1v) is 7.85. The van der Waals surface area contributed by atoms with Crippen LogP contribution in [0.2, 0.25) is 0 Å².